The Morgan fingerprint density at radius 2 is 1.48 bits per heavy atom. The fourth-order valence-corrected chi connectivity index (χ4v) is 2.04. The molecule has 0 fully saturated rings. The molecule has 0 aliphatic rings. The van der Waals surface area contributed by atoms with Crippen molar-refractivity contribution in [3.05, 3.63) is 36.0 Å². The zero-order chi connectivity index (χ0) is 18.8. The van der Waals surface area contributed by atoms with Gasteiger partial charge >= 0.3 is 12.5 Å². The van der Waals surface area contributed by atoms with E-state index in [1.807, 2.05) is 0 Å². The summed E-state index contributed by atoms with van der Waals surface area (Å²) < 4.78 is 88.7. The molecule has 0 aliphatic carbocycles. The molecule has 136 valence electrons. The monoisotopic (exact) mass is 367 g/mol. The van der Waals surface area contributed by atoms with Crippen LogP contribution in [0.3, 0.4) is 0 Å². The zero-order valence-corrected chi connectivity index (χ0v) is 12.8. The van der Waals surface area contributed by atoms with Crippen molar-refractivity contribution >= 4 is 0 Å². The third kappa shape index (κ3) is 4.46. The first-order valence-electron chi connectivity index (χ1n) is 6.61. The molecule has 2 aromatic rings. The summed E-state index contributed by atoms with van der Waals surface area (Å²) in [6.45, 7) is 0. The van der Waals surface area contributed by atoms with Crippen molar-refractivity contribution in [3.63, 3.8) is 0 Å². The van der Waals surface area contributed by atoms with Crippen LogP contribution in [-0.2, 0) is 6.18 Å². The Kier molecular flexibility index (Phi) is 5.00. The number of ether oxygens (including phenoxy) is 3. The van der Waals surface area contributed by atoms with Gasteiger partial charge in [-0.3, -0.25) is 0 Å². The van der Waals surface area contributed by atoms with Crippen molar-refractivity contribution in [1.82, 2.24) is 4.98 Å². The lowest BCUT2D eigenvalue weighted by atomic mass is 10.0. The Morgan fingerprint density at radius 1 is 0.880 bits per heavy atom. The molecule has 0 aliphatic heterocycles. The van der Waals surface area contributed by atoms with Gasteiger partial charge in [0, 0.05) is 6.07 Å². The summed E-state index contributed by atoms with van der Waals surface area (Å²) in [5.74, 6) is -1.05. The van der Waals surface area contributed by atoms with Crippen molar-refractivity contribution in [2.24, 2.45) is 0 Å². The van der Waals surface area contributed by atoms with E-state index in [1.165, 1.54) is 12.1 Å². The van der Waals surface area contributed by atoms with E-state index in [4.69, 9.17) is 9.47 Å². The molecule has 0 spiro atoms. The molecule has 10 heteroatoms. The van der Waals surface area contributed by atoms with Crippen molar-refractivity contribution in [1.29, 1.82) is 0 Å². The van der Waals surface area contributed by atoms with Gasteiger partial charge in [0.2, 0.25) is 5.88 Å². The number of benzene rings is 1. The highest BCUT2D eigenvalue weighted by Crippen LogP contribution is 2.41. The van der Waals surface area contributed by atoms with E-state index in [0.29, 0.717) is 6.07 Å². The van der Waals surface area contributed by atoms with Gasteiger partial charge in [-0.2, -0.15) is 13.2 Å². The number of halogens is 6. The number of alkyl halides is 6. The third-order valence-corrected chi connectivity index (χ3v) is 3.03. The molecular formula is C15H11F6NO3. The topological polar surface area (TPSA) is 40.6 Å². The Bertz CT molecular complexity index is 715. The van der Waals surface area contributed by atoms with Gasteiger partial charge in [0.1, 0.15) is 11.5 Å². The van der Waals surface area contributed by atoms with Crippen molar-refractivity contribution in [3.8, 4) is 28.5 Å². The maximum Gasteiger partial charge on any atom is 0.573 e. The summed E-state index contributed by atoms with van der Waals surface area (Å²) in [6, 6.07) is 5.14. The molecule has 0 unspecified atom stereocenters. The SMILES string of the molecule is COc1cc(C(F)(F)F)nc(OC)c1-c1ccc(OC(F)(F)F)cc1. The summed E-state index contributed by atoms with van der Waals surface area (Å²) >= 11 is 0. The number of pyridine rings is 1. The highest BCUT2D eigenvalue weighted by Gasteiger charge is 2.35. The summed E-state index contributed by atoms with van der Waals surface area (Å²) in [4.78, 5) is 3.39. The van der Waals surface area contributed by atoms with Gasteiger partial charge in [-0.1, -0.05) is 12.1 Å². The smallest absolute Gasteiger partial charge is 0.496 e. The van der Waals surface area contributed by atoms with Crippen LogP contribution in [0.4, 0.5) is 26.3 Å². The molecule has 1 aromatic heterocycles. The van der Waals surface area contributed by atoms with Crippen LogP contribution in [0, 0.1) is 0 Å². The number of aromatic nitrogens is 1. The first-order valence-corrected chi connectivity index (χ1v) is 6.61. The van der Waals surface area contributed by atoms with Crippen LogP contribution in [0.2, 0.25) is 0 Å². The van der Waals surface area contributed by atoms with Gasteiger partial charge in [0.25, 0.3) is 0 Å². The average Bonchev–Trinajstić information content (AvgIpc) is 2.52. The fraction of sp³-hybridized carbons (Fsp3) is 0.267. The average molecular weight is 367 g/mol. The van der Waals surface area contributed by atoms with Crippen LogP contribution in [-0.4, -0.2) is 25.6 Å². The highest BCUT2D eigenvalue weighted by molar-refractivity contribution is 5.76. The van der Waals surface area contributed by atoms with E-state index >= 15 is 0 Å². The first kappa shape index (κ1) is 18.7. The van der Waals surface area contributed by atoms with Crippen LogP contribution >= 0.6 is 0 Å². The second-order valence-corrected chi connectivity index (χ2v) is 4.66. The Morgan fingerprint density at radius 3 is 1.92 bits per heavy atom. The van der Waals surface area contributed by atoms with E-state index < -0.39 is 24.0 Å². The summed E-state index contributed by atoms with van der Waals surface area (Å²) in [6.07, 6.45) is -9.57. The molecule has 1 heterocycles. The minimum absolute atomic E-state index is 0.0663. The molecule has 0 saturated carbocycles. The lowest BCUT2D eigenvalue weighted by molar-refractivity contribution is -0.274. The first-order chi connectivity index (χ1) is 11.5. The van der Waals surface area contributed by atoms with E-state index in [-0.39, 0.29) is 22.8 Å². The molecule has 0 bridgehead atoms. The lowest BCUT2D eigenvalue weighted by Gasteiger charge is -2.16. The standard InChI is InChI=1S/C15H11F6NO3/c1-23-10-7-11(14(16,17)18)22-13(24-2)12(10)8-3-5-9(6-4-8)25-15(19,20)21/h3-7H,1-2H3. The number of hydrogen-bond donors (Lipinski definition) is 0. The van der Waals surface area contributed by atoms with Crippen LogP contribution < -0.4 is 14.2 Å². The number of rotatable bonds is 4. The molecular weight excluding hydrogens is 356 g/mol. The van der Waals surface area contributed by atoms with Gasteiger partial charge in [0.15, 0.2) is 5.69 Å². The Hall–Kier alpha value is -2.65. The largest absolute Gasteiger partial charge is 0.573 e. The summed E-state index contributed by atoms with van der Waals surface area (Å²) in [5, 5.41) is 0. The fourth-order valence-electron chi connectivity index (χ4n) is 2.04. The number of hydrogen-bond acceptors (Lipinski definition) is 4. The molecule has 0 N–H and O–H groups in total. The highest BCUT2D eigenvalue weighted by atomic mass is 19.4. The maximum absolute atomic E-state index is 12.9. The lowest BCUT2D eigenvalue weighted by Crippen LogP contribution is -2.16. The molecule has 0 saturated heterocycles. The van der Waals surface area contributed by atoms with Gasteiger partial charge in [0.05, 0.1) is 19.8 Å². The van der Waals surface area contributed by atoms with Crippen molar-refractivity contribution in [2.45, 2.75) is 12.5 Å². The minimum atomic E-state index is -4.85. The van der Waals surface area contributed by atoms with Gasteiger partial charge in [-0.25, -0.2) is 4.98 Å². The normalized spacial score (nSPS) is 12.0. The second-order valence-electron chi connectivity index (χ2n) is 4.66. The van der Waals surface area contributed by atoms with Crippen LogP contribution in [0.15, 0.2) is 30.3 Å². The van der Waals surface area contributed by atoms with Crippen molar-refractivity contribution in [2.75, 3.05) is 14.2 Å². The number of nitrogens with zero attached hydrogens (tertiary/aromatic N) is 1. The summed E-state index contributed by atoms with van der Waals surface area (Å²) in [7, 11) is 2.27. The molecule has 0 atom stereocenters. The number of methoxy groups -OCH3 is 2. The third-order valence-electron chi connectivity index (χ3n) is 3.03. The second kappa shape index (κ2) is 6.69. The van der Waals surface area contributed by atoms with E-state index in [2.05, 4.69) is 9.72 Å². The van der Waals surface area contributed by atoms with Gasteiger partial charge < -0.3 is 14.2 Å². The van der Waals surface area contributed by atoms with E-state index in [1.54, 1.807) is 0 Å². The molecule has 0 amide bonds. The van der Waals surface area contributed by atoms with Gasteiger partial charge in [-0.15, -0.1) is 13.2 Å². The molecule has 1 aromatic carbocycles. The zero-order valence-electron chi connectivity index (χ0n) is 12.8. The maximum atomic E-state index is 12.9. The van der Waals surface area contributed by atoms with Crippen molar-refractivity contribution < 1.29 is 40.6 Å². The molecule has 25 heavy (non-hydrogen) atoms. The van der Waals surface area contributed by atoms with Gasteiger partial charge in [-0.05, 0) is 17.7 Å². The van der Waals surface area contributed by atoms with Crippen LogP contribution in [0.5, 0.6) is 17.4 Å². The minimum Gasteiger partial charge on any atom is -0.496 e. The molecule has 2 rings (SSSR count). The van der Waals surface area contributed by atoms with Crippen LogP contribution in [0.25, 0.3) is 11.1 Å². The van der Waals surface area contributed by atoms with Crippen LogP contribution in [0.1, 0.15) is 5.69 Å². The predicted molar refractivity (Wildman–Crippen MR) is 74.5 cm³/mol. The Balaban J connectivity index is 2.51. The summed E-state index contributed by atoms with van der Waals surface area (Å²) in [5.41, 5.74) is -0.914. The Labute approximate surface area is 138 Å². The quantitative estimate of drug-likeness (QED) is 0.736. The molecule has 0 radical (unpaired) electrons. The predicted octanol–water partition coefficient (Wildman–Crippen LogP) is 4.68. The molecule has 4 nitrogen and oxygen atoms in total. The van der Waals surface area contributed by atoms with E-state index in [9.17, 15) is 26.3 Å². The van der Waals surface area contributed by atoms with E-state index in [0.717, 1.165) is 26.4 Å².